The third kappa shape index (κ3) is 2.28. The van der Waals surface area contributed by atoms with Crippen molar-refractivity contribution in [1.82, 2.24) is 14.8 Å². The molecule has 0 fully saturated rings. The Morgan fingerprint density at radius 1 is 1.40 bits per heavy atom. The lowest BCUT2D eigenvalue weighted by atomic mass is 10.0. The van der Waals surface area contributed by atoms with Crippen LogP contribution in [0.4, 0.5) is 4.39 Å². The van der Waals surface area contributed by atoms with Gasteiger partial charge in [0.15, 0.2) is 17.8 Å². The van der Waals surface area contributed by atoms with Gasteiger partial charge in [0.2, 0.25) is 0 Å². The minimum atomic E-state index is -1.11. The molecule has 0 N–H and O–H groups in total. The minimum absolute atomic E-state index is 0.0228. The van der Waals surface area contributed by atoms with Crippen LogP contribution in [0.15, 0.2) is 30.3 Å². The fraction of sp³-hybridized carbons (Fsp3) is 0.357. The molecule has 0 radical (unpaired) electrons. The van der Waals surface area contributed by atoms with E-state index in [0.29, 0.717) is 18.1 Å². The summed E-state index contributed by atoms with van der Waals surface area (Å²) in [6.45, 7) is 0.104. The summed E-state index contributed by atoms with van der Waals surface area (Å²) in [5.74, 6) is 0.757. The predicted molar refractivity (Wildman–Crippen MR) is 68.3 cm³/mol. The highest BCUT2D eigenvalue weighted by Crippen LogP contribution is 2.39. The van der Waals surface area contributed by atoms with E-state index in [9.17, 15) is 4.39 Å². The fourth-order valence-electron chi connectivity index (χ4n) is 2.43. The Kier molecular flexibility index (Phi) is 3.44. The number of halogens is 1. The summed E-state index contributed by atoms with van der Waals surface area (Å²) in [5.41, 5.74) is 1.02. The van der Waals surface area contributed by atoms with Gasteiger partial charge >= 0.3 is 0 Å². The molecule has 6 heteroatoms. The van der Waals surface area contributed by atoms with E-state index in [2.05, 4.69) is 10.1 Å². The van der Waals surface area contributed by atoms with Crippen molar-refractivity contribution in [3.8, 4) is 6.07 Å². The fourth-order valence-corrected chi connectivity index (χ4v) is 2.43. The van der Waals surface area contributed by atoms with Gasteiger partial charge in [-0.1, -0.05) is 30.3 Å². The van der Waals surface area contributed by atoms with Gasteiger partial charge in [0.25, 0.3) is 0 Å². The molecule has 102 valence electrons. The Labute approximate surface area is 115 Å². The highest BCUT2D eigenvalue weighted by atomic mass is 19.1. The number of ether oxygens (including phenoxy) is 1. The Balaban J connectivity index is 1.85. The average molecular weight is 272 g/mol. The second-order valence-electron chi connectivity index (χ2n) is 4.61. The lowest BCUT2D eigenvalue weighted by molar-refractivity contribution is 0.145. The van der Waals surface area contributed by atoms with Crippen LogP contribution in [0.2, 0.25) is 0 Å². The number of nitriles is 1. The van der Waals surface area contributed by atoms with Crippen molar-refractivity contribution >= 4 is 0 Å². The number of nitrogens with zero attached hydrogens (tertiary/aromatic N) is 4. The first kappa shape index (κ1) is 12.8. The van der Waals surface area contributed by atoms with Gasteiger partial charge in [0.05, 0.1) is 12.1 Å². The van der Waals surface area contributed by atoms with E-state index >= 15 is 0 Å². The number of benzene rings is 1. The number of hydrogen-bond donors (Lipinski definition) is 0. The normalized spacial score (nSPS) is 20.6. The van der Waals surface area contributed by atoms with E-state index < -0.39 is 6.17 Å². The van der Waals surface area contributed by atoms with Gasteiger partial charge in [0, 0.05) is 6.42 Å². The monoisotopic (exact) mass is 272 g/mol. The summed E-state index contributed by atoms with van der Waals surface area (Å²) < 4.78 is 20.7. The number of fused-ring (bicyclic) bond motifs is 1. The summed E-state index contributed by atoms with van der Waals surface area (Å²) >= 11 is 0. The van der Waals surface area contributed by atoms with E-state index in [-0.39, 0.29) is 19.3 Å². The first-order valence-corrected chi connectivity index (χ1v) is 6.38. The Hall–Kier alpha value is -2.26. The third-order valence-corrected chi connectivity index (χ3v) is 3.29. The lowest BCUT2D eigenvalue weighted by Crippen LogP contribution is -2.08. The van der Waals surface area contributed by atoms with Crippen molar-refractivity contribution in [3.05, 3.63) is 47.5 Å². The van der Waals surface area contributed by atoms with Crippen LogP contribution in [-0.4, -0.2) is 21.4 Å². The summed E-state index contributed by atoms with van der Waals surface area (Å²) in [6, 6.07) is 11.4. The lowest BCUT2D eigenvalue weighted by Gasteiger charge is -2.11. The van der Waals surface area contributed by atoms with Crippen molar-refractivity contribution in [1.29, 1.82) is 5.26 Å². The van der Waals surface area contributed by atoms with Gasteiger partial charge in [-0.05, 0) is 5.56 Å². The van der Waals surface area contributed by atoms with Crippen LogP contribution in [0.3, 0.4) is 0 Å². The molecule has 0 bridgehead atoms. The SMILES string of the molecule is N#CCOCc1nc2n(n1)[C@H](c1ccccc1)C[C@@H]2F. The molecule has 5 nitrogen and oxygen atoms in total. The van der Waals surface area contributed by atoms with E-state index in [1.807, 2.05) is 36.4 Å². The zero-order chi connectivity index (χ0) is 13.9. The van der Waals surface area contributed by atoms with Crippen LogP contribution in [0, 0.1) is 11.3 Å². The number of hydrogen-bond acceptors (Lipinski definition) is 4. The largest absolute Gasteiger partial charge is 0.358 e. The average Bonchev–Trinajstić information content (AvgIpc) is 3.01. The van der Waals surface area contributed by atoms with E-state index in [1.54, 1.807) is 4.68 Å². The van der Waals surface area contributed by atoms with E-state index in [4.69, 9.17) is 10.00 Å². The molecule has 3 rings (SSSR count). The Morgan fingerprint density at radius 2 is 2.20 bits per heavy atom. The summed E-state index contributed by atoms with van der Waals surface area (Å²) in [6.07, 6.45) is -0.754. The second-order valence-corrected chi connectivity index (χ2v) is 4.61. The molecular formula is C14H13FN4O. The van der Waals surface area contributed by atoms with Crippen LogP contribution in [0.5, 0.6) is 0 Å². The number of rotatable bonds is 4. The Bertz CT molecular complexity index is 634. The van der Waals surface area contributed by atoms with Crippen molar-refractivity contribution in [2.45, 2.75) is 25.2 Å². The molecule has 2 heterocycles. The highest BCUT2D eigenvalue weighted by Gasteiger charge is 2.35. The maximum absolute atomic E-state index is 14.0. The van der Waals surface area contributed by atoms with Gasteiger partial charge in [-0.25, -0.2) is 14.1 Å². The molecule has 1 aliphatic rings. The number of alkyl halides is 1. The molecule has 0 aliphatic carbocycles. The highest BCUT2D eigenvalue weighted by molar-refractivity contribution is 5.23. The molecule has 1 aromatic carbocycles. The molecule has 1 aromatic heterocycles. The molecule has 0 saturated heterocycles. The molecule has 2 aromatic rings. The van der Waals surface area contributed by atoms with Crippen LogP contribution in [0.25, 0.3) is 0 Å². The predicted octanol–water partition coefficient (Wildman–Crippen LogP) is 2.32. The van der Waals surface area contributed by atoms with Crippen LogP contribution >= 0.6 is 0 Å². The standard InChI is InChI=1S/C14H13FN4O/c15-11-8-12(10-4-2-1-3-5-10)19-14(11)17-13(18-19)9-20-7-6-16/h1-5,11-12H,7-9H2/t11-,12-/m0/s1. The van der Waals surface area contributed by atoms with Gasteiger partial charge in [-0.15, -0.1) is 0 Å². The van der Waals surface area contributed by atoms with Crippen LogP contribution in [0.1, 0.15) is 35.8 Å². The molecule has 0 spiro atoms. The van der Waals surface area contributed by atoms with E-state index in [0.717, 1.165) is 5.56 Å². The van der Waals surface area contributed by atoms with E-state index in [1.165, 1.54) is 0 Å². The summed E-state index contributed by atoms with van der Waals surface area (Å²) in [5, 5.41) is 12.7. The maximum Gasteiger partial charge on any atom is 0.176 e. The third-order valence-electron chi connectivity index (χ3n) is 3.29. The summed E-state index contributed by atoms with van der Waals surface area (Å²) in [4.78, 5) is 4.16. The van der Waals surface area contributed by atoms with Crippen molar-refractivity contribution in [3.63, 3.8) is 0 Å². The first-order chi connectivity index (χ1) is 9.79. The van der Waals surface area contributed by atoms with Crippen LogP contribution in [-0.2, 0) is 11.3 Å². The molecule has 0 amide bonds. The Morgan fingerprint density at radius 3 is 2.95 bits per heavy atom. The molecule has 20 heavy (non-hydrogen) atoms. The zero-order valence-electron chi connectivity index (χ0n) is 10.7. The molecular weight excluding hydrogens is 259 g/mol. The molecule has 1 aliphatic heterocycles. The van der Waals surface area contributed by atoms with Gasteiger partial charge in [0.1, 0.15) is 13.2 Å². The topological polar surface area (TPSA) is 63.7 Å². The molecule has 0 saturated carbocycles. The minimum Gasteiger partial charge on any atom is -0.358 e. The molecule has 0 unspecified atom stereocenters. The van der Waals surface area contributed by atoms with Crippen molar-refractivity contribution in [2.24, 2.45) is 0 Å². The van der Waals surface area contributed by atoms with Gasteiger partial charge < -0.3 is 4.74 Å². The van der Waals surface area contributed by atoms with Crippen molar-refractivity contribution < 1.29 is 9.13 Å². The van der Waals surface area contributed by atoms with Crippen LogP contribution < -0.4 is 0 Å². The van der Waals surface area contributed by atoms with Gasteiger partial charge in [-0.3, -0.25) is 0 Å². The van der Waals surface area contributed by atoms with Gasteiger partial charge in [-0.2, -0.15) is 10.4 Å². The number of aromatic nitrogens is 3. The first-order valence-electron chi connectivity index (χ1n) is 6.38. The zero-order valence-corrected chi connectivity index (χ0v) is 10.7. The second kappa shape index (κ2) is 5.39. The smallest absolute Gasteiger partial charge is 0.176 e. The van der Waals surface area contributed by atoms with Crippen molar-refractivity contribution in [2.75, 3.05) is 6.61 Å². The maximum atomic E-state index is 14.0. The molecule has 2 atom stereocenters. The quantitative estimate of drug-likeness (QED) is 0.801. The summed E-state index contributed by atoms with van der Waals surface area (Å²) in [7, 11) is 0.